The first-order valence-corrected chi connectivity index (χ1v) is 4.45. The molecule has 0 saturated heterocycles. The summed E-state index contributed by atoms with van der Waals surface area (Å²) in [6.07, 6.45) is 4.07. The van der Waals surface area contributed by atoms with Crippen LogP contribution in [0.25, 0.3) is 0 Å². The summed E-state index contributed by atoms with van der Waals surface area (Å²) in [5.41, 5.74) is 5.36. The Hall–Kier alpha value is -0.370. The average Bonchev–Trinajstić information content (AvgIpc) is 2.03. The number of nitrogens with two attached hydrogens (primary N) is 1. The van der Waals surface area contributed by atoms with Crippen molar-refractivity contribution < 1.29 is 4.79 Å². The van der Waals surface area contributed by atoms with Crippen molar-refractivity contribution in [1.82, 2.24) is 0 Å². The number of hydrogen-bond acceptors (Lipinski definition) is 2. The molecule has 0 aliphatic carbocycles. The van der Waals surface area contributed by atoms with Crippen molar-refractivity contribution in [2.45, 2.75) is 39.5 Å². The molecule has 0 aliphatic rings. The predicted molar refractivity (Wildman–Crippen MR) is 47.4 cm³/mol. The van der Waals surface area contributed by atoms with Crippen molar-refractivity contribution in [1.29, 1.82) is 0 Å². The third-order valence-electron chi connectivity index (χ3n) is 1.93. The lowest BCUT2D eigenvalue weighted by Crippen LogP contribution is -2.20. The standard InChI is InChI=1S/C9H19NO/c1-3-4-5-6-9(11)8(2)7-10/h8H,3-7,10H2,1-2H3. The van der Waals surface area contributed by atoms with Gasteiger partial charge in [-0.3, -0.25) is 4.79 Å². The molecular weight excluding hydrogens is 138 g/mol. The van der Waals surface area contributed by atoms with E-state index in [-0.39, 0.29) is 5.92 Å². The Morgan fingerprint density at radius 1 is 1.45 bits per heavy atom. The van der Waals surface area contributed by atoms with Crippen molar-refractivity contribution in [3.8, 4) is 0 Å². The molecule has 1 atom stereocenters. The number of ketones is 1. The molecule has 2 nitrogen and oxygen atoms in total. The van der Waals surface area contributed by atoms with Gasteiger partial charge in [0, 0.05) is 18.9 Å². The number of unbranched alkanes of at least 4 members (excludes halogenated alkanes) is 2. The number of carbonyl (C=O) groups is 1. The summed E-state index contributed by atoms with van der Waals surface area (Å²) in [4.78, 5) is 11.2. The first-order valence-electron chi connectivity index (χ1n) is 4.45. The molecule has 0 aliphatic heterocycles. The lowest BCUT2D eigenvalue weighted by atomic mass is 10.0. The lowest BCUT2D eigenvalue weighted by Gasteiger charge is -2.05. The van der Waals surface area contributed by atoms with Gasteiger partial charge in [0.05, 0.1) is 0 Å². The van der Waals surface area contributed by atoms with Gasteiger partial charge in [0.1, 0.15) is 5.78 Å². The molecule has 66 valence electrons. The van der Waals surface area contributed by atoms with Crippen LogP contribution in [0.1, 0.15) is 39.5 Å². The van der Waals surface area contributed by atoms with Gasteiger partial charge < -0.3 is 5.73 Å². The van der Waals surface area contributed by atoms with E-state index in [2.05, 4.69) is 6.92 Å². The van der Waals surface area contributed by atoms with Crippen molar-refractivity contribution >= 4 is 5.78 Å². The third-order valence-corrected chi connectivity index (χ3v) is 1.93. The Bertz CT molecular complexity index is 112. The maximum absolute atomic E-state index is 11.2. The predicted octanol–water partition coefficient (Wildman–Crippen LogP) is 1.73. The normalized spacial score (nSPS) is 13.0. The molecule has 2 N–H and O–H groups in total. The molecule has 2 heteroatoms. The van der Waals surface area contributed by atoms with Crippen LogP contribution in [0.3, 0.4) is 0 Å². The molecule has 0 radical (unpaired) electrons. The van der Waals surface area contributed by atoms with Crippen molar-refractivity contribution in [3.63, 3.8) is 0 Å². The maximum Gasteiger partial charge on any atom is 0.136 e. The van der Waals surface area contributed by atoms with Crippen molar-refractivity contribution in [2.24, 2.45) is 11.7 Å². The van der Waals surface area contributed by atoms with Crippen LogP contribution in [0, 0.1) is 5.92 Å². The molecule has 0 amide bonds. The van der Waals surface area contributed by atoms with E-state index >= 15 is 0 Å². The molecule has 0 saturated carbocycles. The SMILES string of the molecule is CCCCCC(=O)C(C)CN. The molecule has 0 fully saturated rings. The van der Waals surface area contributed by atoms with Gasteiger partial charge in [-0.15, -0.1) is 0 Å². The smallest absolute Gasteiger partial charge is 0.136 e. The Morgan fingerprint density at radius 3 is 2.55 bits per heavy atom. The van der Waals surface area contributed by atoms with Gasteiger partial charge in [0.15, 0.2) is 0 Å². The van der Waals surface area contributed by atoms with E-state index < -0.39 is 0 Å². The Labute approximate surface area is 69.2 Å². The fourth-order valence-electron chi connectivity index (χ4n) is 0.927. The number of Topliss-reactive ketones (excluding diaryl/α,β-unsaturated/α-hetero) is 1. The molecule has 0 aromatic carbocycles. The van der Waals surface area contributed by atoms with Crippen LogP contribution < -0.4 is 5.73 Å². The fourth-order valence-corrected chi connectivity index (χ4v) is 0.927. The lowest BCUT2D eigenvalue weighted by molar-refractivity contribution is -0.122. The highest BCUT2D eigenvalue weighted by molar-refractivity contribution is 5.80. The average molecular weight is 157 g/mol. The molecule has 0 rings (SSSR count). The second kappa shape index (κ2) is 6.35. The molecule has 0 spiro atoms. The highest BCUT2D eigenvalue weighted by Crippen LogP contribution is 2.04. The second-order valence-corrected chi connectivity index (χ2v) is 3.06. The largest absolute Gasteiger partial charge is 0.330 e. The highest BCUT2D eigenvalue weighted by atomic mass is 16.1. The number of carbonyl (C=O) groups excluding carboxylic acids is 1. The Kier molecular flexibility index (Phi) is 6.13. The van der Waals surface area contributed by atoms with Gasteiger partial charge in [-0.1, -0.05) is 26.7 Å². The summed E-state index contributed by atoms with van der Waals surface area (Å²) in [6, 6.07) is 0. The zero-order valence-corrected chi connectivity index (χ0v) is 7.60. The monoisotopic (exact) mass is 157 g/mol. The van der Waals surface area contributed by atoms with Crippen LogP contribution in [0.15, 0.2) is 0 Å². The van der Waals surface area contributed by atoms with Crippen LogP contribution in [0.5, 0.6) is 0 Å². The summed E-state index contributed by atoms with van der Waals surface area (Å²) < 4.78 is 0. The van der Waals surface area contributed by atoms with Gasteiger partial charge in [-0.05, 0) is 6.42 Å². The molecule has 0 bridgehead atoms. The van der Waals surface area contributed by atoms with E-state index in [4.69, 9.17) is 5.73 Å². The van der Waals surface area contributed by atoms with E-state index in [1.165, 1.54) is 6.42 Å². The van der Waals surface area contributed by atoms with Gasteiger partial charge in [-0.25, -0.2) is 0 Å². The first kappa shape index (κ1) is 10.6. The summed E-state index contributed by atoms with van der Waals surface area (Å²) in [7, 11) is 0. The summed E-state index contributed by atoms with van der Waals surface area (Å²) in [5.74, 6) is 0.382. The topological polar surface area (TPSA) is 43.1 Å². The van der Waals surface area contributed by atoms with E-state index in [9.17, 15) is 4.79 Å². The van der Waals surface area contributed by atoms with Gasteiger partial charge in [0.25, 0.3) is 0 Å². The summed E-state index contributed by atoms with van der Waals surface area (Å²) in [5, 5.41) is 0. The van der Waals surface area contributed by atoms with Crippen molar-refractivity contribution in [2.75, 3.05) is 6.54 Å². The van der Waals surface area contributed by atoms with Crippen LogP contribution in [0.4, 0.5) is 0 Å². The molecule has 1 unspecified atom stereocenters. The minimum absolute atomic E-state index is 0.0619. The molecular formula is C9H19NO. The Balaban J connectivity index is 3.36. The first-order chi connectivity index (χ1) is 5.22. The molecule has 0 aromatic rings. The number of rotatable bonds is 6. The molecule has 0 aromatic heterocycles. The highest BCUT2D eigenvalue weighted by Gasteiger charge is 2.09. The van der Waals surface area contributed by atoms with Crippen LogP contribution in [-0.2, 0) is 4.79 Å². The van der Waals surface area contributed by atoms with E-state index in [1.54, 1.807) is 0 Å². The minimum atomic E-state index is 0.0619. The van der Waals surface area contributed by atoms with Gasteiger partial charge >= 0.3 is 0 Å². The van der Waals surface area contributed by atoms with Crippen LogP contribution >= 0.6 is 0 Å². The molecule has 11 heavy (non-hydrogen) atoms. The van der Waals surface area contributed by atoms with Gasteiger partial charge in [0.2, 0.25) is 0 Å². The van der Waals surface area contributed by atoms with E-state index in [1.807, 2.05) is 6.92 Å². The van der Waals surface area contributed by atoms with Gasteiger partial charge in [-0.2, -0.15) is 0 Å². The minimum Gasteiger partial charge on any atom is -0.330 e. The molecule has 0 heterocycles. The summed E-state index contributed by atoms with van der Waals surface area (Å²) in [6.45, 7) is 4.52. The van der Waals surface area contributed by atoms with Crippen LogP contribution in [0.2, 0.25) is 0 Å². The van der Waals surface area contributed by atoms with E-state index in [0.717, 1.165) is 12.8 Å². The van der Waals surface area contributed by atoms with E-state index in [0.29, 0.717) is 18.7 Å². The third kappa shape index (κ3) is 4.96. The fraction of sp³-hybridized carbons (Fsp3) is 0.889. The zero-order chi connectivity index (χ0) is 8.69. The quantitative estimate of drug-likeness (QED) is 0.597. The Morgan fingerprint density at radius 2 is 2.09 bits per heavy atom. The number of hydrogen-bond donors (Lipinski definition) is 1. The van der Waals surface area contributed by atoms with Crippen LogP contribution in [-0.4, -0.2) is 12.3 Å². The van der Waals surface area contributed by atoms with Crippen molar-refractivity contribution in [3.05, 3.63) is 0 Å². The summed E-state index contributed by atoms with van der Waals surface area (Å²) >= 11 is 0. The second-order valence-electron chi connectivity index (χ2n) is 3.06. The maximum atomic E-state index is 11.2. The zero-order valence-electron chi connectivity index (χ0n) is 7.60.